The lowest BCUT2D eigenvalue weighted by Gasteiger charge is -2.39. The van der Waals surface area contributed by atoms with E-state index in [2.05, 4.69) is 56.9 Å². The fourth-order valence-electron chi connectivity index (χ4n) is 15.1. The van der Waals surface area contributed by atoms with Gasteiger partial charge in [0.25, 0.3) is 25.6 Å². The quantitative estimate of drug-likeness (QED) is 0.0119. The standard InChI is InChI=1S/C86H94Cl2N15O22P3/c1-49(2)78(104)96-83-94-76-72(81(107)98-83)90-47-101(76)70-43-64(121-126(116-41-21-39-89)103(51(5)6)52(7)8)67(119-70)46-117-128(112,123-63-29-20-18-27-61(63)88)124-65-44-71(102-48-91-73-77(102)95-84(99-82(73)108)97-79(105)50(3)4)120-75(65)74(125-127(110,111)122-62-28-19-17-26-60(62)87)59-42-69(100-40-38-68(93-85(100)109)92-80(106)53-22-13-11-14-23-53)118-66(59)45-115-86(54-24-15-12-16-25-54,55-30-34-57(113-9)35-31-55)56-32-36-58(114-10)37-33-56/h11-20,22-38,40,47-52,59,64-67,69-71,74-75H,21,41-46H2,1-10H3,(H,110,111)(H,92,93,106,109)(H2,94,96,98,104,107)(H2,95,97,99,105,108)/t59-,64-,65-,66-,67+,69+,70+,71+,74?,75+,126?,128?/m0/s1. The molecule has 3 amide bonds. The van der Waals surface area contributed by atoms with E-state index < -0.39 is 163 Å². The van der Waals surface area contributed by atoms with E-state index in [1.807, 2.05) is 87.0 Å². The van der Waals surface area contributed by atoms with E-state index in [-0.39, 0.29) is 98.7 Å². The first-order chi connectivity index (χ1) is 61.4. The number of anilines is 3. The highest BCUT2D eigenvalue weighted by molar-refractivity contribution is 7.49. The number of nitrogens with zero attached hydrogens (tertiary/aromatic N) is 10. The number of methoxy groups -OCH3 is 2. The molecule has 42 heteroatoms. The average molecular weight is 1850 g/mol. The number of phosphoric ester groups is 2. The number of aromatic amines is 2. The minimum atomic E-state index is -5.75. The summed E-state index contributed by atoms with van der Waals surface area (Å²) in [6, 6.07) is 46.4. The Morgan fingerprint density at radius 3 is 1.66 bits per heavy atom. The molecule has 13 atom stereocenters. The van der Waals surface area contributed by atoms with Crippen molar-refractivity contribution in [2.24, 2.45) is 17.8 Å². The largest absolute Gasteiger partial charge is 0.530 e. The van der Waals surface area contributed by atoms with Crippen molar-refractivity contribution < 1.29 is 88.5 Å². The number of carbonyl (C=O) groups is 3. The first-order valence-electron chi connectivity index (χ1n) is 41.0. The van der Waals surface area contributed by atoms with Gasteiger partial charge in [-0.1, -0.05) is 148 Å². The molecule has 674 valence electrons. The zero-order chi connectivity index (χ0) is 90.9. The molecule has 0 spiro atoms. The molecule has 3 aliphatic heterocycles. The summed E-state index contributed by atoms with van der Waals surface area (Å²) in [4.78, 5) is 124. The number of benzene rings is 6. The maximum atomic E-state index is 17.2. The monoisotopic (exact) mass is 1850 g/mol. The second kappa shape index (κ2) is 40.8. The number of hydrogen-bond acceptors (Lipinski definition) is 28. The van der Waals surface area contributed by atoms with Crippen molar-refractivity contribution in [3.63, 3.8) is 0 Å². The van der Waals surface area contributed by atoms with Crippen LogP contribution in [0.1, 0.15) is 127 Å². The van der Waals surface area contributed by atoms with E-state index in [4.69, 9.17) is 83.3 Å². The number of fused-ring (bicyclic) bond motifs is 2. The van der Waals surface area contributed by atoms with E-state index in [0.29, 0.717) is 28.2 Å². The van der Waals surface area contributed by atoms with Crippen molar-refractivity contribution >= 4 is 105 Å². The summed E-state index contributed by atoms with van der Waals surface area (Å²) in [7, 11) is -10.4. The van der Waals surface area contributed by atoms with Crippen LogP contribution in [-0.4, -0.2) is 159 Å². The van der Waals surface area contributed by atoms with Gasteiger partial charge < -0.3 is 51.8 Å². The average Bonchev–Trinajstić information content (AvgIpc) is 0.792. The molecule has 128 heavy (non-hydrogen) atoms. The van der Waals surface area contributed by atoms with Crippen LogP contribution in [0.15, 0.2) is 197 Å². The molecule has 0 radical (unpaired) electrons. The molecule has 14 rings (SSSR count). The van der Waals surface area contributed by atoms with Gasteiger partial charge in [-0.3, -0.25) is 76.7 Å². The van der Waals surface area contributed by atoms with E-state index in [1.54, 1.807) is 94.4 Å². The summed E-state index contributed by atoms with van der Waals surface area (Å²) in [6.07, 6.45) is -11.2. The summed E-state index contributed by atoms with van der Waals surface area (Å²) in [5.74, 6) is -4.40. The number of nitrogens with one attached hydrogen (secondary N) is 5. The van der Waals surface area contributed by atoms with Gasteiger partial charge in [-0.05, 0) is 111 Å². The van der Waals surface area contributed by atoms with Crippen molar-refractivity contribution in [3.8, 4) is 29.1 Å². The number of H-pyrrole nitrogens is 2. The highest BCUT2D eigenvalue weighted by atomic mass is 35.5. The number of ether oxygens (including phenoxy) is 6. The van der Waals surface area contributed by atoms with Gasteiger partial charge >= 0.3 is 21.3 Å². The summed E-state index contributed by atoms with van der Waals surface area (Å²) >= 11 is 13.7. The Bertz CT molecular complexity index is 6050. The number of nitriles is 1. The molecule has 8 heterocycles. The van der Waals surface area contributed by atoms with Gasteiger partial charge in [0.15, 0.2) is 22.3 Å². The first kappa shape index (κ1) is 93.2. The van der Waals surface area contributed by atoms with Gasteiger partial charge in [0, 0.05) is 60.9 Å². The number of halogens is 2. The Kier molecular flexibility index (Phi) is 29.7. The van der Waals surface area contributed by atoms with Crippen LogP contribution in [0.2, 0.25) is 10.0 Å². The molecule has 3 aliphatic rings. The second-order valence-electron chi connectivity index (χ2n) is 31.2. The molecule has 3 saturated heterocycles. The maximum Gasteiger partial charge on any atom is 0.530 e. The minimum absolute atomic E-state index is 0.0260. The molecular weight excluding hydrogens is 1760 g/mol. The highest BCUT2D eigenvalue weighted by Crippen LogP contribution is 2.59. The van der Waals surface area contributed by atoms with Crippen LogP contribution >= 0.6 is 47.4 Å². The number of carbonyl (C=O) groups excluding carboxylic acids is 3. The predicted molar refractivity (Wildman–Crippen MR) is 471 cm³/mol. The summed E-state index contributed by atoms with van der Waals surface area (Å²) < 4.78 is 126. The van der Waals surface area contributed by atoms with Gasteiger partial charge in [0.1, 0.15) is 77.5 Å². The number of phosphoric acid groups is 2. The van der Waals surface area contributed by atoms with E-state index >= 15 is 9.13 Å². The molecule has 5 aromatic heterocycles. The van der Waals surface area contributed by atoms with Gasteiger partial charge in [-0.15, -0.1) is 0 Å². The maximum absolute atomic E-state index is 17.2. The number of amides is 3. The summed E-state index contributed by atoms with van der Waals surface area (Å²) in [5.41, 5.74) is -2.78. The Balaban J connectivity index is 0.939. The zero-order valence-corrected chi connectivity index (χ0v) is 75.1. The predicted octanol–water partition coefficient (Wildman–Crippen LogP) is 14.6. The molecule has 6 N–H and O–H groups in total. The summed E-state index contributed by atoms with van der Waals surface area (Å²) in [5, 5.41) is 17.5. The van der Waals surface area contributed by atoms with Crippen molar-refractivity contribution in [2.75, 3.05) is 50.0 Å². The van der Waals surface area contributed by atoms with Crippen molar-refractivity contribution in [1.82, 2.24) is 53.3 Å². The Hall–Kier alpha value is -11.0. The lowest BCUT2D eigenvalue weighted by molar-refractivity contribution is -0.124. The molecule has 37 nitrogen and oxygen atoms in total. The molecular formula is C86H94Cl2N15O22P3. The number of imidazole rings is 2. The molecule has 0 aliphatic carbocycles. The van der Waals surface area contributed by atoms with Crippen LogP contribution < -0.4 is 51.3 Å². The number of hydrogen-bond donors (Lipinski definition) is 6. The molecule has 4 unspecified atom stereocenters. The van der Waals surface area contributed by atoms with Crippen LogP contribution in [0.25, 0.3) is 22.3 Å². The molecule has 11 aromatic rings. The fraction of sp³-hybridized carbons (Fsp3) is 0.372. The molecule has 6 aromatic carbocycles. The van der Waals surface area contributed by atoms with Crippen molar-refractivity contribution in [1.29, 1.82) is 5.26 Å². The smallest absolute Gasteiger partial charge is 0.497 e. The number of para-hydroxylation sites is 2. The SMILES string of the molecule is COc1ccc(C(OC[C@@H]2O[C@@H](n3ccc(NC(=O)c4ccccc4)nc3=O)C[C@@H]2C(OP(=O)(O)Oc2ccccc2Cl)[C@@H]2O[C@@H](n3cnc4c(=O)[nH]c(NC(=O)C(C)C)nc43)C[C@@H]2OP(=O)(OC[C@H]2O[C@@H](n3cnc4c(=O)[nH]c(NC(=O)C(C)C)nc43)C[C@@H]2OP(OCCC#N)N(C(C)C)C(C)C)Oc2ccccc2Cl)(c2ccccc2)c2ccc(OC)cc2)cc1. The highest BCUT2D eigenvalue weighted by Gasteiger charge is 2.57. The van der Waals surface area contributed by atoms with Crippen LogP contribution in [0, 0.1) is 29.1 Å². The Morgan fingerprint density at radius 1 is 0.625 bits per heavy atom. The van der Waals surface area contributed by atoms with E-state index in [9.17, 15) is 38.9 Å². The van der Waals surface area contributed by atoms with Gasteiger partial charge in [-0.2, -0.15) is 20.2 Å². The zero-order valence-electron chi connectivity index (χ0n) is 70.9. The van der Waals surface area contributed by atoms with Crippen molar-refractivity contribution in [3.05, 3.63) is 246 Å². The second-order valence-corrected chi connectivity index (χ2v) is 36.3. The van der Waals surface area contributed by atoms with Gasteiger partial charge in [0.2, 0.25) is 23.7 Å². The number of aromatic nitrogens is 10. The topological polar surface area (TPSA) is 451 Å². The first-order valence-corrected chi connectivity index (χ1v) is 45.8. The Morgan fingerprint density at radius 2 is 1.13 bits per heavy atom. The van der Waals surface area contributed by atoms with Gasteiger partial charge in [-0.25, -0.2) is 28.6 Å². The Labute approximate surface area is 745 Å². The van der Waals surface area contributed by atoms with Gasteiger partial charge in [0.05, 0.1) is 81.4 Å². The van der Waals surface area contributed by atoms with Crippen LogP contribution in [0.5, 0.6) is 23.0 Å². The van der Waals surface area contributed by atoms with E-state index in [1.165, 1.54) is 84.7 Å². The third kappa shape index (κ3) is 21.3. The molecule has 0 saturated carbocycles. The normalized spacial score (nSPS) is 20.3. The van der Waals surface area contributed by atoms with Crippen LogP contribution in [0.4, 0.5) is 17.7 Å². The number of rotatable bonds is 38. The van der Waals surface area contributed by atoms with Crippen LogP contribution in [0.3, 0.4) is 0 Å². The minimum Gasteiger partial charge on any atom is -0.497 e. The fourth-order valence-corrected chi connectivity index (χ4v) is 19.8. The molecule has 3 fully saturated rings. The lowest BCUT2D eigenvalue weighted by atomic mass is 9.79. The lowest BCUT2D eigenvalue weighted by Crippen LogP contribution is -2.47. The van der Waals surface area contributed by atoms with Crippen LogP contribution in [-0.2, 0) is 65.9 Å². The molecule has 0 bridgehead atoms. The summed E-state index contributed by atoms with van der Waals surface area (Å²) in [6.45, 7) is 12.9. The third-order valence-electron chi connectivity index (χ3n) is 21.3. The van der Waals surface area contributed by atoms with E-state index in [0.717, 1.165) is 4.57 Å². The van der Waals surface area contributed by atoms with Crippen molar-refractivity contribution in [2.45, 2.75) is 154 Å². The third-order valence-corrected chi connectivity index (χ3v) is 26.4.